The highest BCUT2D eigenvalue weighted by molar-refractivity contribution is 6.33. The summed E-state index contributed by atoms with van der Waals surface area (Å²) in [6, 6.07) is 8.89. The molecule has 2 aromatic rings. The molecular formula is C31H45B2FN4O6. The lowest BCUT2D eigenvalue weighted by Gasteiger charge is -2.47. The molecule has 13 heteroatoms. The van der Waals surface area contributed by atoms with Gasteiger partial charge in [0.1, 0.15) is 31.5 Å². The fourth-order valence-corrected chi connectivity index (χ4v) is 6.08. The number of nitrogens with one attached hydrogen (secondary N) is 2. The molecule has 1 saturated heterocycles. The lowest BCUT2D eigenvalue weighted by Crippen LogP contribution is -2.70. The van der Waals surface area contributed by atoms with E-state index in [2.05, 4.69) is 43.2 Å². The monoisotopic (exact) mass is 610 g/mol. The van der Waals surface area contributed by atoms with Crippen molar-refractivity contribution in [1.29, 1.82) is 0 Å². The highest BCUT2D eigenvalue weighted by Gasteiger charge is 2.52. The highest BCUT2D eigenvalue weighted by Crippen LogP contribution is 2.30. The molecule has 1 aliphatic rings. The molecule has 3 unspecified atom stereocenters. The van der Waals surface area contributed by atoms with E-state index in [-0.39, 0.29) is 36.4 Å². The van der Waals surface area contributed by atoms with Crippen LogP contribution in [0.2, 0.25) is 0 Å². The van der Waals surface area contributed by atoms with Gasteiger partial charge in [-0.3, -0.25) is 14.5 Å². The van der Waals surface area contributed by atoms with E-state index in [0.29, 0.717) is 29.8 Å². The lowest BCUT2D eigenvalue weighted by atomic mass is 9.55. The van der Waals surface area contributed by atoms with E-state index in [1.807, 2.05) is 25.1 Å². The van der Waals surface area contributed by atoms with Gasteiger partial charge in [-0.15, -0.1) is 0 Å². The van der Waals surface area contributed by atoms with Crippen LogP contribution in [0.1, 0.15) is 49.9 Å². The van der Waals surface area contributed by atoms with Gasteiger partial charge in [0, 0.05) is 51.0 Å². The molecule has 44 heavy (non-hydrogen) atoms. The first-order valence-corrected chi connectivity index (χ1v) is 14.7. The number of aryl methyl sites for hydroxylation is 1. The molecule has 0 radical (unpaired) electrons. The molecular weight excluding hydrogens is 565 g/mol. The summed E-state index contributed by atoms with van der Waals surface area (Å²) >= 11 is 0. The number of carbonyl (C=O) groups is 3. The Morgan fingerprint density at radius 1 is 1.16 bits per heavy atom. The molecule has 1 fully saturated rings. The molecule has 238 valence electrons. The molecule has 3 rings (SSSR count). The SMILES string of the molecule is BC(O)(C=O)C(B)(O)C(C(=O)NC)N(C=O)Cc1c(C)cccc1NCc1cc(CN2CC(C)(C)OC(C)(C)C2)ccc1F. The van der Waals surface area contributed by atoms with Crippen LogP contribution >= 0.6 is 0 Å². The van der Waals surface area contributed by atoms with Gasteiger partial charge in [-0.1, -0.05) is 18.2 Å². The lowest BCUT2D eigenvalue weighted by molar-refractivity contribution is -0.182. The summed E-state index contributed by atoms with van der Waals surface area (Å²) in [5.74, 6) is -1.13. The third kappa shape index (κ3) is 8.06. The molecule has 0 aromatic heterocycles. The second-order valence-corrected chi connectivity index (χ2v) is 13.4. The van der Waals surface area contributed by atoms with Crippen LogP contribution in [0.25, 0.3) is 0 Å². The van der Waals surface area contributed by atoms with Gasteiger partial charge >= 0.3 is 0 Å². The van der Waals surface area contributed by atoms with Gasteiger partial charge in [0.05, 0.1) is 16.7 Å². The maximum Gasteiger partial charge on any atom is 0.244 e. The Kier molecular flexibility index (Phi) is 10.7. The first kappa shape index (κ1) is 35.2. The number of hydrogen-bond acceptors (Lipinski definition) is 8. The number of rotatable bonds is 13. The number of likely N-dealkylation sites (N-methyl/N-ethyl adjacent to an activating group) is 1. The third-order valence-electron chi connectivity index (χ3n) is 8.25. The Labute approximate surface area is 261 Å². The van der Waals surface area contributed by atoms with E-state index >= 15 is 0 Å². The van der Waals surface area contributed by atoms with Gasteiger partial charge in [0.25, 0.3) is 0 Å². The van der Waals surface area contributed by atoms with Crippen LogP contribution in [0.15, 0.2) is 36.4 Å². The van der Waals surface area contributed by atoms with Crippen LogP contribution in [-0.4, -0.2) is 103 Å². The van der Waals surface area contributed by atoms with Crippen molar-refractivity contribution in [1.82, 2.24) is 15.1 Å². The molecule has 0 spiro atoms. The van der Waals surface area contributed by atoms with Crippen LogP contribution < -0.4 is 10.6 Å². The van der Waals surface area contributed by atoms with E-state index < -0.39 is 22.9 Å². The van der Waals surface area contributed by atoms with Gasteiger partial charge in [0.15, 0.2) is 7.85 Å². The molecule has 0 bridgehead atoms. The summed E-state index contributed by atoms with van der Waals surface area (Å²) in [5, 5.41) is 27.5. The molecule has 1 aliphatic heterocycles. The molecule has 0 saturated carbocycles. The van der Waals surface area contributed by atoms with Gasteiger partial charge in [-0.05, 0) is 69.5 Å². The molecule has 10 nitrogen and oxygen atoms in total. The molecule has 2 amide bonds. The molecule has 0 aliphatic carbocycles. The predicted molar refractivity (Wildman–Crippen MR) is 172 cm³/mol. The zero-order valence-corrected chi connectivity index (χ0v) is 27.0. The Balaban J connectivity index is 1.86. The average Bonchev–Trinajstić information content (AvgIpc) is 2.91. The van der Waals surface area contributed by atoms with Crippen molar-refractivity contribution in [3.63, 3.8) is 0 Å². The summed E-state index contributed by atoms with van der Waals surface area (Å²) in [4.78, 5) is 40.2. The maximum absolute atomic E-state index is 15.0. The number of benzene rings is 2. The number of aliphatic hydroxyl groups is 2. The number of nitrogens with zero attached hydrogens (tertiary/aromatic N) is 2. The third-order valence-corrected chi connectivity index (χ3v) is 8.25. The van der Waals surface area contributed by atoms with Crippen molar-refractivity contribution in [3.8, 4) is 0 Å². The van der Waals surface area contributed by atoms with Crippen molar-refractivity contribution in [2.75, 3.05) is 25.5 Å². The number of aldehydes is 1. The normalized spacial score (nSPS) is 19.6. The topological polar surface area (TPSA) is 131 Å². The minimum Gasteiger partial charge on any atom is -0.394 e. The molecule has 4 N–H and O–H groups in total. The van der Waals surface area contributed by atoms with Crippen LogP contribution in [0.3, 0.4) is 0 Å². The van der Waals surface area contributed by atoms with Gasteiger partial charge in [0.2, 0.25) is 12.3 Å². The summed E-state index contributed by atoms with van der Waals surface area (Å²) in [5.41, 5.74) is -1.89. The number of morpholine rings is 1. The summed E-state index contributed by atoms with van der Waals surface area (Å²) in [7, 11) is 3.53. The Bertz CT molecular complexity index is 1350. The zero-order chi connectivity index (χ0) is 33.1. The van der Waals surface area contributed by atoms with Gasteiger partial charge < -0.3 is 35.3 Å². The number of anilines is 1. The predicted octanol–water partition coefficient (Wildman–Crippen LogP) is 0.0509. The standard InChI is InChI=1S/C31H45B2FN4O6/c1-20-8-7-9-25(23(20)15-38(19-40)26(27(41)35-6)31(33,43)30(32,42)18-39)36-13-22-12-21(10-11-24(22)34)14-37-16-28(2,3)44-29(4,5)17-37/h7-12,18-19,26,36,42-43H,13-17,32-33H2,1-6H3,(H,35,41). The smallest absolute Gasteiger partial charge is 0.244 e. The number of hydrogen-bond donors (Lipinski definition) is 4. The Hall–Kier alpha value is -3.25. The van der Waals surface area contributed by atoms with E-state index in [4.69, 9.17) is 4.74 Å². The zero-order valence-electron chi connectivity index (χ0n) is 27.0. The first-order valence-electron chi connectivity index (χ1n) is 14.7. The second-order valence-electron chi connectivity index (χ2n) is 13.4. The van der Waals surface area contributed by atoms with Crippen LogP contribution in [0.4, 0.5) is 10.1 Å². The highest BCUT2D eigenvalue weighted by atomic mass is 19.1. The van der Waals surface area contributed by atoms with Gasteiger partial charge in [-0.2, -0.15) is 0 Å². The minimum absolute atomic E-state index is 0.135. The Morgan fingerprint density at radius 2 is 1.80 bits per heavy atom. The molecule has 2 aromatic carbocycles. The molecule has 3 atom stereocenters. The van der Waals surface area contributed by atoms with E-state index in [9.17, 15) is 29.0 Å². The maximum atomic E-state index is 15.0. The van der Waals surface area contributed by atoms with Crippen LogP contribution in [-0.2, 0) is 38.8 Å². The minimum atomic E-state index is -2.34. The van der Waals surface area contributed by atoms with Crippen molar-refractivity contribution in [2.45, 2.75) is 82.5 Å². The fraction of sp³-hybridized carbons (Fsp3) is 0.516. The number of halogens is 1. The van der Waals surface area contributed by atoms with Crippen molar-refractivity contribution in [2.24, 2.45) is 0 Å². The average molecular weight is 610 g/mol. The summed E-state index contributed by atoms with van der Waals surface area (Å²) < 4.78 is 21.2. The quantitative estimate of drug-likeness (QED) is 0.185. The number of amides is 2. The van der Waals surface area contributed by atoms with Crippen molar-refractivity contribution in [3.05, 3.63) is 64.5 Å². The Morgan fingerprint density at radius 3 is 2.36 bits per heavy atom. The van der Waals surface area contributed by atoms with Crippen molar-refractivity contribution < 1.29 is 33.7 Å². The molecule has 1 heterocycles. The fourth-order valence-electron chi connectivity index (χ4n) is 6.08. The summed E-state index contributed by atoms with van der Waals surface area (Å²) in [6.45, 7) is 12.2. The largest absolute Gasteiger partial charge is 0.394 e. The number of ether oxygens (including phenoxy) is 1. The van der Waals surface area contributed by atoms with E-state index in [1.165, 1.54) is 13.1 Å². The van der Waals surface area contributed by atoms with Crippen LogP contribution in [0, 0.1) is 12.7 Å². The second kappa shape index (κ2) is 13.4. The van der Waals surface area contributed by atoms with E-state index in [1.54, 1.807) is 12.1 Å². The van der Waals surface area contributed by atoms with Crippen molar-refractivity contribution >= 4 is 40.0 Å². The number of carbonyl (C=O) groups excluding carboxylic acids is 3. The first-order chi connectivity index (χ1) is 20.4. The van der Waals surface area contributed by atoms with Crippen LogP contribution in [0.5, 0.6) is 0 Å². The summed E-state index contributed by atoms with van der Waals surface area (Å²) in [6.07, 6.45) is 0.527. The van der Waals surface area contributed by atoms with Gasteiger partial charge in [-0.25, -0.2) is 4.39 Å². The van der Waals surface area contributed by atoms with E-state index in [0.717, 1.165) is 44.8 Å².